The first-order chi connectivity index (χ1) is 6.60. The molecule has 0 saturated heterocycles. The van der Waals surface area contributed by atoms with Crippen molar-refractivity contribution in [3.63, 3.8) is 0 Å². The maximum atomic E-state index is 12.2. The fraction of sp³-hybridized carbons (Fsp3) is 0.143. The summed E-state index contributed by atoms with van der Waals surface area (Å²) < 4.78 is 66.5. The molecule has 1 aromatic carbocycles. The second-order valence-electron chi connectivity index (χ2n) is 2.65. The van der Waals surface area contributed by atoms with Crippen molar-refractivity contribution in [2.75, 3.05) is 0 Å². The highest BCUT2D eigenvalue weighted by atomic mass is 79.9. The molecule has 0 aromatic heterocycles. The van der Waals surface area contributed by atoms with Crippen molar-refractivity contribution in [3.8, 4) is 0 Å². The molecule has 0 saturated carbocycles. The lowest BCUT2D eigenvalue weighted by Crippen LogP contribution is -2.07. The van der Waals surface area contributed by atoms with Crippen LogP contribution in [0.3, 0.4) is 0 Å². The average molecular weight is 305 g/mol. The summed E-state index contributed by atoms with van der Waals surface area (Å²) in [5, 5.41) is 0. The number of alkyl halides is 3. The van der Waals surface area contributed by atoms with Crippen LogP contribution in [0, 0.1) is 0 Å². The summed E-state index contributed by atoms with van der Waals surface area (Å²) in [6, 6.07) is 1.96. The molecular weight excluding hydrogens is 301 g/mol. The summed E-state index contributed by atoms with van der Waals surface area (Å²) in [5.41, 5.74) is -1.15. The predicted octanol–water partition coefficient (Wildman–Crippen LogP) is 2.71. The molecule has 1 rings (SSSR count). The molecule has 0 unspecified atom stereocenters. The average Bonchev–Trinajstić information content (AvgIpc) is 1.99. The van der Waals surface area contributed by atoms with Gasteiger partial charge in [-0.15, -0.1) is 0 Å². The van der Waals surface area contributed by atoms with Crippen molar-refractivity contribution >= 4 is 26.0 Å². The molecule has 0 aliphatic carbocycles. The smallest absolute Gasteiger partial charge is 0.282 e. The van der Waals surface area contributed by atoms with Crippen molar-refractivity contribution < 1.29 is 26.1 Å². The lowest BCUT2D eigenvalue weighted by Gasteiger charge is -2.08. The van der Waals surface area contributed by atoms with E-state index in [4.69, 9.17) is 4.55 Å². The van der Waals surface area contributed by atoms with Crippen LogP contribution in [-0.4, -0.2) is 13.0 Å². The Kier molecular flexibility index (Phi) is 3.13. The van der Waals surface area contributed by atoms with E-state index in [-0.39, 0.29) is 4.47 Å². The molecule has 1 aromatic rings. The summed E-state index contributed by atoms with van der Waals surface area (Å²) >= 11 is 2.72. The number of hydrogen-bond donors (Lipinski definition) is 1. The molecule has 3 nitrogen and oxygen atoms in total. The van der Waals surface area contributed by atoms with Gasteiger partial charge in [-0.1, -0.05) is 15.9 Å². The summed E-state index contributed by atoms with van der Waals surface area (Å²) in [6.07, 6.45) is -4.66. The van der Waals surface area contributed by atoms with Gasteiger partial charge < -0.3 is 0 Å². The number of benzene rings is 1. The van der Waals surface area contributed by atoms with Crippen LogP contribution in [0.1, 0.15) is 5.56 Å². The molecule has 8 heteroatoms. The van der Waals surface area contributed by atoms with Gasteiger partial charge >= 0.3 is 6.18 Å². The lowest BCUT2D eigenvalue weighted by molar-refractivity contribution is -0.137. The van der Waals surface area contributed by atoms with Crippen molar-refractivity contribution in [1.29, 1.82) is 0 Å². The number of halogens is 4. The fourth-order valence-corrected chi connectivity index (χ4v) is 2.07. The quantitative estimate of drug-likeness (QED) is 0.812. The van der Waals surface area contributed by atoms with E-state index in [0.717, 1.165) is 6.07 Å². The van der Waals surface area contributed by atoms with Gasteiger partial charge in [0.2, 0.25) is 0 Å². The third-order valence-corrected chi connectivity index (χ3v) is 2.79. The highest BCUT2D eigenvalue weighted by Crippen LogP contribution is 2.32. The van der Waals surface area contributed by atoms with Gasteiger partial charge in [-0.2, -0.15) is 21.6 Å². The summed E-state index contributed by atoms with van der Waals surface area (Å²) in [6.45, 7) is 0. The topological polar surface area (TPSA) is 54.4 Å². The minimum atomic E-state index is -4.66. The molecule has 0 amide bonds. The molecule has 0 atom stereocenters. The van der Waals surface area contributed by atoms with Crippen LogP contribution in [0.5, 0.6) is 0 Å². The molecule has 0 heterocycles. The van der Waals surface area contributed by atoms with Gasteiger partial charge in [0.15, 0.2) is 0 Å². The van der Waals surface area contributed by atoms with Gasteiger partial charge in [-0.3, -0.25) is 4.55 Å². The van der Waals surface area contributed by atoms with Gasteiger partial charge in [0, 0.05) is 4.47 Å². The Balaban J connectivity index is 3.43. The van der Waals surface area contributed by atoms with E-state index in [1.165, 1.54) is 0 Å². The molecule has 0 aliphatic rings. The maximum Gasteiger partial charge on any atom is 0.416 e. The van der Waals surface area contributed by atoms with Crippen LogP contribution in [0.15, 0.2) is 27.6 Å². The molecule has 1 N–H and O–H groups in total. The largest absolute Gasteiger partial charge is 0.416 e. The van der Waals surface area contributed by atoms with Gasteiger partial charge in [0.1, 0.15) is 0 Å². The Morgan fingerprint density at radius 1 is 1.20 bits per heavy atom. The highest BCUT2D eigenvalue weighted by Gasteiger charge is 2.32. The minimum Gasteiger partial charge on any atom is -0.282 e. The van der Waals surface area contributed by atoms with Gasteiger partial charge in [-0.05, 0) is 18.2 Å². The Morgan fingerprint density at radius 2 is 1.73 bits per heavy atom. The van der Waals surface area contributed by atoms with E-state index in [0.29, 0.717) is 12.1 Å². The van der Waals surface area contributed by atoms with Crippen molar-refractivity contribution in [3.05, 3.63) is 28.2 Å². The third-order valence-electron chi connectivity index (χ3n) is 1.50. The first-order valence-corrected chi connectivity index (χ1v) is 5.69. The Hall–Kier alpha value is -0.600. The normalized spacial score (nSPS) is 12.9. The van der Waals surface area contributed by atoms with E-state index >= 15 is 0 Å². The predicted molar refractivity (Wildman–Crippen MR) is 49.0 cm³/mol. The van der Waals surface area contributed by atoms with Crippen LogP contribution < -0.4 is 0 Å². The van der Waals surface area contributed by atoms with Crippen LogP contribution in [-0.2, 0) is 16.3 Å². The third kappa shape index (κ3) is 3.18. The number of hydrogen-bond acceptors (Lipinski definition) is 2. The molecule has 0 aliphatic heterocycles. The van der Waals surface area contributed by atoms with Crippen molar-refractivity contribution in [2.45, 2.75) is 11.1 Å². The lowest BCUT2D eigenvalue weighted by atomic mass is 10.2. The van der Waals surface area contributed by atoms with Crippen LogP contribution in [0.25, 0.3) is 0 Å². The summed E-state index contributed by atoms with van der Waals surface area (Å²) in [4.78, 5) is -0.802. The standard InChI is InChI=1S/C7H4BrF3O3S/c8-5-1-4(7(9,10)11)2-6(3-5)15(12,13)14/h1-3H,(H,12,13,14). The Labute approximate surface area is 91.8 Å². The molecule has 0 fully saturated rings. The van der Waals surface area contributed by atoms with Crippen molar-refractivity contribution in [2.24, 2.45) is 0 Å². The number of rotatable bonds is 1. The van der Waals surface area contributed by atoms with E-state index < -0.39 is 26.8 Å². The van der Waals surface area contributed by atoms with Gasteiger partial charge in [-0.25, -0.2) is 0 Å². The molecule has 0 radical (unpaired) electrons. The molecular formula is C7H4BrF3O3S. The first kappa shape index (κ1) is 12.5. The van der Waals surface area contributed by atoms with Gasteiger partial charge in [0.05, 0.1) is 10.5 Å². The van der Waals surface area contributed by atoms with E-state index in [1.54, 1.807) is 0 Å². The maximum absolute atomic E-state index is 12.2. The Bertz CT molecular complexity index is 481. The Morgan fingerprint density at radius 3 is 2.13 bits per heavy atom. The fourth-order valence-electron chi connectivity index (χ4n) is 0.875. The van der Waals surface area contributed by atoms with E-state index in [1.807, 2.05) is 0 Å². The monoisotopic (exact) mass is 304 g/mol. The molecule has 0 spiro atoms. The molecule has 15 heavy (non-hydrogen) atoms. The van der Waals surface area contributed by atoms with Crippen LogP contribution in [0.4, 0.5) is 13.2 Å². The second kappa shape index (κ2) is 3.76. The highest BCUT2D eigenvalue weighted by molar-refractivity contribution is 9.10. The SMILES string of the molecule is O=S(=O)(O)c1cc(Br)cc(C(F)(F)F)c1. The zero-order valence-corrected chi connectivity index (χ0v) is 9.32. The zero-order valence-electron chi connectivity index (χ0n) is 6.92. The van der Waals surface area contributed by atoms with Gasteiger partial charge in [0.25, 0.3) is 10.1 Å². The second-order valence-corrected chi connectivity index (χ2v) is 4.99. The zero-order chi connectivity index (χ0) is 11.9. The first-order valence-electron chi connectivity index (χ1n) is 3.46. The summed E-state index contributed by atoms with van der Waals surface area (Å²) in [5.74, 6) is 0. The van der Waals surface area contributed by atoms with E-state index in [2.05, 4.69) is 15.9 Å². The van der Waals surface area contributed by atoms with Crippen LogP contribution in [0.2, 0.25) is 0 Å². The molecule has 0 bridgehead atoms. The van der Waals surface area contributed by atoms with Crippen LogP contribution >= 0.6 is 15.9 Å². The summed E-state index contributed by atoms with van der Waals surface area (Å²) in [7, 11) is -4.64. The van der Waals surface area contributed by atoms with E-state index in [9.17, 15) is 21.6 Å². The van der Waals surface area contributed by atoms with Crippen molar-refractivity contribution in [1.82, 2.24) is 0 Å². The minimum absolute atomic E-state index is 0.0787. The molecule has 84 valence electrons.